The molecule has 2 atom stereocenters. The predicted molar refractivity (Wildman–Crippen MR) is 77.7 cm³/mol. The lowest BCUT2D eigenvalue weighted by Gasteiger charge is -2.06. The van der Waals surface area contributed by atoms with Crippen molar-refractivity contribution in [2.45, 2.75) is 12.3 Å². The maximum Gasteiger partial charge on any atom is 0.0538 e. The van der Waals surface area contributed by atoms with Crippen LogP contribution in [0.4, 0.5) is 5.69 Å². The molecule has 1 aromatic carbocycles. The highest BCUT2D eigenvalue weighted by Crippen LogP contribution is 2.47. The van der Waals surface area contributed by atoms with Gasteiger partial charge in [-0.1, -0.05) is 30.3 Å². The lowest BCUT2D eigenvalue weighted by atomic mass is 10.1. The fourth-order valence-corrected chi connectivity index (χ4v) is 2.70. The first-order valence-electron chi connectivity index (χ1n) is 6.22. The van der Waals surface area contributed by atoms with Crippen LogP contribution in [0.25, 0.3) is 0 Å². The van der Waals surface area contributed by atoms with Crippen LogP contribution in [0.2, 0.25) is 0 Å². The zero-order chi connectivity index (χ0) is 12.4. The third-order valence-electron chi connectivity index (χ3n) is 3.42. The molecule has 1 aromatic heterocycles. The van der Waals surface area contributed by atoms with Crippen LogP contribution in [0.15, 0.2) is 53.3 Å². The average Bonchev–Trinajstić information content (AvgIpc) is 3.17. The summed E-state index contributed by atoms with van der Waals surface area (Å²) in [6.45, 7) is 1.03. The molecule has 0 radical (unpaired) electrons. The Bertz CT molecular complexity index is 527. The molecule has 3 rings (SSSR count). The highest BCUT2D eigenvalue weighted by atomic mass is 79.9. The first-order valence-corrected chi connectivity index (χ1v) is 7.01. The lowest BCUT2D eigenvalue weighted by Crippen LogP contribution is -2.04. The van der Waals surface area contributed by atoms with Gasteiger partial charge in [-0.2, -0.15) is 0 Å². The Morgan fingerprint density at radius 2 is 2.06 bits per heavy atom. The van der Waals surface area contributed by atoms with E-state index >= 15 is 0 Å². The number of hydrogen-bond acceptors (Lipinski definition) is 2. The summed E-state index contributed by atoms with van der Waals surface area (Å²) in [5.41, 5.74) is 2.56. The van der Waals surface area contributed by atoms with Crippen molar-refractivity contribution in [2.75, 3.05) is 11.9 Å². The molecular weight excluding hydrogens is 288 g/mol. The summed E-state index contributed by atoms with van der Waals surface area (Å²) in [7, 11) is 0. The van der Waals surface area contributed by atoms with E-state index in [0.29, 0.717) is 0 Å². The Morgan fingerprint density at radius 3 is 2.83 bits per heavy atom. The Labute approximate surface area is 116 Å². The lowest BCUT2D eigenvalue weighted by molar-refractivity contribution is 0.843. The van der Waals surface area contributed by atoms with Crippen LogP contribution >= 0.6 is 15.9 Å². The van der Waals surface area contributed by atoms with Crippen molar-refractivity contribution < 1.29 is 0 Å². The molecule has 0 bridgehead atoms. The molecule has 1 N–H and O–H groups in total. The molecule has 3 heteroatoms. The van der Waals surface area contributed by atoms with Gasteiger partial charge in [-0.15, -0.1) is 0 Å². The van der Waals surface area contributed by atoms with E-state index in [4.69, 9.17) is 0 Å². The van der Waals surface area contributed by atoms with Gasteiger partial charge < -0.3 is 5.32 Å². The van der Waals surface area contributed by atoms with Gasteiger partial charge in [-0.25, -0.2) is 0 Å². The van der Waals surface area contributed by atoms with Gasteiger partial charge in [0.05, 0.1) is 11.9 Å². The molecule has 18 heavy (non-hydrogen) atoms. The number of benzene rings is 1. The Hall–Kier alpha value is -1.35. The minimum absolute atomic E-state index is 0.735. The van der Waals surface area contributed by atoms with E-state index in [9.17, 15) is 0 Å². The van der Waals surface area contributed by atoms with Crippen LogP contribution in [0.1, 0.15) is 17.9 Å². The second-order valence-corrected chi connectivity index (χ2v) is 5.70. The highest BCUT2D eigenvalue weighted by molar-refractivity contribution is 9.10. The minimum atomic E-state index is 0.735. The molecule has 0 spiro atoms. The van der Waals surface area contributed by atoms with E-state index in [1.165, 1.54) is 12.0 Å². The van der Waals surface area contributed by atoms with Crippen LogP contribution in [-0.2, 0) is 0 Å². The monoisotopic (exact) mass is 302 g/mol. The maximum absolute atomic E-state index is 4.15. The van der Waals surface area contributed by atoms with Crippen molar-refractivity contribution in [1.29, 1.82) is 0 Å². The van der Waals surface area contributed by atoms with Gasteiger partial charge in [0.25, 0.3) is 0 Å². The molecule has 92 valence electrons. The van der Waals surface area contributed by atoms with Gasteiger partial charge in [0.1, 0.15) is 0 Å². The summed E-state index contributed by atoms with van der Waals surface area (Å²) in [5.74, 6) is 1.49. The van der Waals surface area contributed by atoms with E-state index in [0.717, 1.165) is 28.5 Å². The van der Waals surface area contributed by atoms with E-state index in [-0.39, 0.29) is 0 Å². The molecule has 0 saturated heterocycles. The smallest absolute Gasteiger partial charge is 0.0538 e. The Balaban J connectivity index is 1.55. The molecule has 2 nitrogen and oxygen atoms in total. The Morgan fingerprint density at radius 1 is 1.22 bits per heavy atom. The number of halogens is 1. The number of hydrogen-bond donors (Lipinski definition) is 1. The predicted octanol–water partition coefficient (Wildman–Crippen LogP) is 4.06. The fourth-order valence-electron chi connectivity index (χ4n) is 2.34. The van der Waals surface area contributed by atoms with E-state index < -0.39 is 0 Å². The topological polar surface area (TPSA) is 24.9 Å². The maximum atomic E-state index is 4.15. The molecule has 1 aliphatic carbocycles. The molecule has 2 unspecified atom stereocenters. The van der Waals surface area contributed by atoms with E-state index in [1.54, 1.807) is 6.20 Å². The van der Waals surface area contributed by atoms with Crippen LogP contribution in [0.3, 0.4) is 0 Å². The molecule has 0 aliphatic heterocycles. The second-order valence-electron chi connectivity index (χ2n) is 4.79. The largest absolute Gasteiger partial charge is 0.383 e. The standard InChI is InChI=1S/C15H15BrN2/c16-13-7-14(10-17-9-13)18-8-12-6-15(12)11-4-2-1-3-5-11/h1-5,7,9-10,12,15,18H,6,8H2. The van der Waals surface area contributed by atoms with Gasteiger partial charge in [-0.3, -0.25) is 4.98 Å². The summed E-state index contributed by atoms with van der Waals surface area (Å²) in [5, 5.41) is 3.45. The van der Waals surface area contributed by atoms with E-state index in [2.05, 4.69) is 62.6 Å². The average molecular weight is 303 g/mol. The number of aromatic nitrogens is 1. The van der Waals surface area contributed by atoms with Crippen LogP contribution < -0.4 is 5.32 Å². The molecule has 1 fully saturated rings. The zero-order valence-electron chi connectivity index (χ0n) is 10.0. The zero-order valence-corrected chi connectivity index (χ0v) is 11.6. The van der Waals surface area contributed by atoms with Crippen molar-refractivity contribution in [3.8, 4) is 0 Å². The normalized spacial score (nSPS) is 21.6. The number of rotatable bonds is 4. The fraction of sp³-hybridized carbons (Fsp3) is 0.267. The number of nitrogens with zero attached hydrogens (tertiary/aromatic N) is 1. The third-order valence-corrected chi connectivity index (χ3v) is 3.86. The third kappa shape index (κ3) is 2.72. The molecule has 1 heterocycles. The first kappa shape index (κ1) is 11.7. The van der Waals surface area contributed by atoms with Gasteiger partial charge >= 0.3 is 0 Å². The number of anilines is 1. The SMILES string of the molecule is Brc1cncc(NCC2CC2c2ccccc2)c1. The van der Waals surface area contributed by atoms with Gasteiger partial charge in [-0.05, 0) is 45.8 Å². The number of pyridine rings is 1. The number of nitrogens with one attached hydrogen (secondary N) is 1. The summed E-state index contributed by atoms with van der Waals surface area (Å²) >= 11 is 3.43. The molecule has 1 saturated carbocycles. The summed E-state index contributed by atoms with van der Waals surface area (Å²) < 4.78 is 1.02. The second kappa shape index (κ2) is 5.11. The van der Waals surface area contributed by atoms with Crippen LogP contribution in [0, 0.1) is 5.92 Å². The quantitative estimate of drug-likeness (QED) is 0.921. The van der Waals surface area contributed by atoms with Crippen molar-refractivity contribution >= 4 is 21.6 Å². The molecule has 0 amide bonds. The minimum Gasteiger partial charge on any atom is -0.383 e. The Kier molecular flexibility index (Phi) is 3.33. The van der Waals surface area contributed by atoms with Gasteiger partial charge in [0.2, 0.25) is 0 Å². The van der Waals surface area contributed by atoms with Crippen molar-refractivity contribution in [2.24, 2.45) is 5.92 Å². The van der Waals surface area contributed by atoms with Gasteiger partial charge in [0, 0.05) is 17.2 Å². The van der Waals surface area contributed by atoms with E-state index in [1.807, 2.05) is 6.20 Å². The summed E-state index contributed by atoms with van der Waals surface area (Å²) in [6, 6.07) is 12.8. The van der Waals surface area contributed by atoms with Crippen LogP contribution in [-0.4, -0.2) is 11.5 Å². The van der Waals surface area contributed by atoms with Crippen molar-refractivity contribution in [3.05, 3.63) is 58.8 Å². The van der Waals surface area contributed by atoms with Crippen LogP contribution in [0.5, 0.6) is 0 Å². The van der Waals surface area contributed by atoms with Crippen molar-refractivity contribution in [1.82, 2.24) is 4.98 Å². The molecule has 2 aromatic rings. The summed E-state index contributed by atoms with van der Waals surface area (Å²) in [4.78, 5) is 4.15. The summed E-state index contributed by atoms with van der Waals surface area (Å²) in [6.07, 6.45) is 4.96. The first-order chi connectivity index (χ1) is 8.83. The van der Waals surface area contributed by atoms with Crippen molar-refractivity contribution in [3.63, 3.8) is 0 Å². The highest BCUT2D eigenvalue weighted by Gasteiger charge is 2.37. The molecule has 1 aliphatic rings. The van der Waals surface area contributed by atoms with Gasteiger partial charge in [0.15, 0.2) is 0 Å². The molecular formula is C15H15BrN2.